The second-order valence-electron chi connectivity index (χ2n) is 6.48. The number of carbonyl (C=O) groups is 2. The largest absolute Gasteiger partial charge is 0.290 e. The number of anilines is 1. The minimum absolute atomic E-state index is 0.128. The molecule has 0 N–H and O–H groups in total. The molecule has 1 aliphatic heterocycles. The van der Waals surface area contributed by atoms with Crippen LogP contribution < -0.4 is 4.90 Å². The van der Waals surface area contributed by atoms with Crippen molar-refractivity contribution in [2.75, 3.05) is 11.9 Å². The fourth-order valence-electron chi connectivity index (χ4n) is 3.25. The van der Waals surface area contributed by atoms with Gasteiger partial charge in [-0.25, -0.2) is 4.90 Å². The highest BCUT2D eigenvalue weighted by Gasteiger charge is 2.42. The van der Waals surface area contributed by atoms with Crippen molar-refractivity contribution in [1.29, 1.82) is 0 Å². The molecule has 1 aliphatic rings. The molecule has 1 heterocycles. The Morgan fingerprint density at radius 1 is 1.08 bits per heavy atom. The van der Waals surface area contributed by atoms with Crippen LogP contribution in [0.3, 0.4) is 0 Å². The first-order valence-electron chi connectivity index (χ1n) is 8.15. The van der Waals surface area contributed by atoms with Crippen molar-refractivity contribution < 1.29 is 9.59 Å². The summed E-state index contributed by atoms with van der Waals surface area (Å²) in [6, 6.07) is 15.4. The molecule has 2 amide bonds. The molecule has 4 nitrogen and oxygen atoms in total. The second-order valence-corrected chi connectivity index (χ2v) is 6.48. The molecular weight excluding hydrogens is 300 g/mol. The van der Waals surface area contributed by atoms with E-state index in [2.05, 4.69) is 0 Å². The van der Waals surface area contributed by atoms with E-state index >= 15 is 0 Å². The summed E-state index contributed by atoms with van der Waals surface area (Å²) in [5.74, 6) is -0.262. The Bertz CT molecular complexity index is 770. The lowest BCUT2D eigenvalue weighted by Gasteiger charge is -2.23. The highest BCUT2D eigenvalue weighted by Crippen LogP contribution is 2.29. The van der Waals surface area contributed by atoms with E-state index in [-0.39, 0.29) is 18.2 Å². The van der Waals surface area contributed by atoms with Gasteiger partial charge in [0, 0.05) is 6.54 Å². The Morgan fingerprint density at radius 3 is 2.46 bits per heavy atom. The highest BCUT2D eigenvalue weighted by atomic mass is 16.2. The van der Waals surface area contributed by atoms with Gasteiger partial charge in [-0.05, 0) is 38.1 Å². The summed E-state index contributed by atoms with van der Waals surface area (Å²) >= 11 is 0. The van der Waals surface area contributed by atoms with Crippen LogP contribution in [-0.4, -0.2) is 29.8 Å². The average molecular weight is 322 g/mol. The van der Waals surface area contributed by atoms with E-state index in [1.807, 2.05) is 74.3 Å². The lowest BCUT2D eigenvalue weighted by Crippen LogP contribution is -2.40. The van der Waals surface area contributed by atoms with Gasteiger partial charge in [0.2, 0.25) is 5.91 Å². The number of nitrogens with zero attached hydrogens (tertiary/aromatic N) is 2. The van der Waals surface area contributed by atoms with Crippen LogP contribution in [-0.2, 0) is 16.1 Å². The SMILES string of the molecule is Cc1ccc(N2C(=O)C[C@H](N(C)Cc3ccccc3)C2=O)c(C)c1. The molecule has 1 fully saturated rings. The zero-order valence-corrected chi connectivity index (χ0v) is 14.3. The summed E-state index contributed by atoms with van der Waals surface area (Å²) in [6.45, 7) is 4.58. The molecule has 0 saturated carbocycles. The van der Waals surface area contributed by atoms with E-state index in [1.54, 1.807) is 0 Å². The molecule has 2 aromatic carbocycles. The van der Waals surface area contributed by atoms with Gasteiger partial charge < -0.3 is 0 Å². The van der Waals surface area contributed by atoms with Gasteiger partial charge in [0.05, 0.1) is 18.2 Å². The molecule has 124 valence electrons. The monoisotopic (exact) mass is 322 g/mol. The number of hydrogen-bond donors (Lipinski definition) is 0. The van der Waals surface area contributed by atoms with Crippen LogP contribution in [0.1, 0.15) is 23.1 Å². The predicted octanol–water partition coefficient (Wildman–Crippen LogP) is 3.07. The van der Waals surface area contributed by atoms with Crippen LogP contribution >= 0.6 is 0 Å². The Hall–Kier alpha value is -2.46. The van der Waals surface area contributed by atoms with Crippen molar-refractivity contribution in [1.82, 2.24) is 4.90 Å². The van der Waals surface area contributed by atoms with E-state index in [0.717, 1.165) is 16.7 Å². The standard InChI is InChI=1S/C20H22N2O2/c1-14-9-10-17(15(2)11-14)22-19(23)12-18(20(22)24)21(3)13-16-7-5-4-6-8-16/h4-11,18H,12-13H2,1-3H3/t18-/m0/s1. The van der Waals surface area contributed by atoms with E-state index in [0.29, 0.717) is 12.2 Å². The number of aryl methyl sites for hydroxylation is 2. The quantitative estimate of drug-likeness (QED) is 0.812. The van der Waals surface area contributed by atoms with Gasteiger partial charge in [0.15, 0.2) is 0 Å². The lowest BCUT2D eigenvalue weighted by atomic mass is 10.1. The molecule has 0 unspecified atom stereocenters. The topological polar surface area (TPSA) is 40.6 Å². The average Bonchev–Trinajstić information content (AvgIpc) is 2.84. The second kappa shape index (κ2) is 6.57. The van der Waals surface area contributed by atoms with Crippen LogP contribution in [0.15, 0.2) is 48.5 Å². The minimum Gasteiger partial charge on any atom is -0.290 e. The molecular formula is C20H22N2O2. The number of amides is 2. The zero-order valence-electron chi connectivity index (χ0n) is 14.3. The summed E-state index contributed by atoms with van der Waals surface area (Å²) in [5, 5.41) is 0. The molecule has 4 heteroatoms. The first-order valence-corrected chi connectivity index (χ1v) is 8.15. The zero-order chi connectivity index (χ0) is 17.3. The molecule has 0 spiro atoms. The first kappa shape index (κ1) is 16.4. The fraction of sp³-hybridized carbons (Fsp3) is 0.300. The Labute approximate surface area is 142 Å². The third kappa shape index (κ3) is 3.10. The highest BCUT2D eigenvalue weighted by molar-refractivity contribution is 6.22. The molecule has 2 aromatic rings. The number of benzene rings is 2. The van der Waals surface area contributed by atoms with Crippen LogP contribution in [0.25, 0.3) is 0 Å². The van der Waals surface area contributed by atoms with Crippen molar-refractivity contribution in [3.63, 3.8) is 0 Å². The van der Waals surface area contributed by atoms with Crippen molar-refractivity contribution in [3.8, 4) is 0 Å². The third-order valence-corrected chi connectivity index (χ3v) is 4.52. The van der Waals surface area contributed by atoms with Gasteiger partial charge in [-0.2, -0.15) is 0 Å². The Kier molecular flexibility index (Phi) is 4.49. The predicted molar refractivity (Wildman–Crippen MR) is 94.7 cm³/mol. The normalized spacial score (nSPS) is 17.8. The van der Waals surface area contributed by atoms with Gasteiger partial charge in [0.25, 0.3) is 5.91 Å². The van der Waals surface area contributed by atoms with E-state index in [1.165, 1.54) is 4.90 Å². The van der Waals surface area contributed by atoms with Crippen LogP contribution in [0.5, 0.6) is 0 Å². The van der Waals surface area contributed by atoms with Crippen molar-refractivity contribution in [3.05, 3.63) is 65.2 Å². The number of rotatable bonds is 4. The summed E-state index contributed by atoms with van der Waals surface area (Å²) in [4.78, 5) is 28.6. The third-order valence-electron chi connectivity index (χ3n) is 4.52. The Balaban J connectivity index is 1.81. The van der Waals surface area contributed by atoms with E-state index < -0.39 is 6.04 Å². The summed E-state index contributed by atoms with van der Waals surface area (Å²) < 4.78 is 0. The minimum atomic E-state index is -0.404. The van der Waals surface area contributed by atoms with Crippen LogP contribution in [0.4, 0.5) is 5.69 Å². The molecule has 0 bridgehead atoms. The summed E-state index contributed by atoms with van der Waals surface area (Å²) in [5.41, 5.74) is 3.90. The van der Waals surface area contributed by atoms with Gasteiger partial charge >= 0.3 is 0 Å². The maximum absolute atomic E-state index is 12.8. The molecule has 1 atom stereocenters. The summed E-state index contributed by atoms with van der Waals surface area (Å²) in [6.07, 6.45) is 0.232. The van der Waals surface area contributed by atoms with Gasteiger partial charge in [-0.15, -0.1) is 0 Å². The fourth-order valence-corrected chi connectivity index (χ4v) is 3.25. The number of hydrogen-bond acceptors (Lipinski definition) is 3. The molecule has 0 aromatic heterocycles. The first-order chi connectivity index (χ1) is 11.5. The Morgan fingerprint density at radius 2 is 1.79 bits per heavy atom. The maximum Gasteiger partial charge on any atom is 0.251 e. The van der Waals surface area contributed by atoms with E-state index in [9.17, 15) is 9.59 Å². The number of likely N-dealkylation sites (N-methyl/N-ethyl adjacent to an activating group) is 1. The molecule has 3 rings (SSSR count). The van der Waals surface area contributed by atoms with Crippen molar-refractivity contribution >= 4 is 17.5 Å². The van der Waals surface area contributed by atoms with Gasteiger partial charge in [-0.3, -0.25) is 14.5 Å². The van der Waals surface area contributed by atoms with Crippen molar-refractivity contribution in [2.24, 2.45) is 0 Å². The molecule has 0 aliphatic carbocycles. The maximum atomic E-state index is 12.8. The van der Waals surface area contributed by atoms with Gasteiger partial charge in [-0.1, -0.05) is 48.0 Å². The molecule has 24 heavy (non-hydrogen) atoms. The van der Waals surface area contributed by atoms with Gasteiger partial charge in [0.1, 0.15) is 0 Å². The molecule has 0 radical (unpaired) electrons. The number of imide groups is 1. The lowest BCUT2D eigenvalue weighted by molar-refractivity contribution is -0.122. The van der Waals surface area contributed by atoms with Crippen LogP contribution in [0, 0.1) is 13.8 Å². The van der Waals surface area contributed by atoms with E-state index in [4.69, 9.17) is 0 Å². The molecule has 1 saturated heterocycles. The number of carbonyl (C=O) groups excluding carboxylic acids is 2. The van der Waals surface area contributed by atoms with Crippen molar-refractivity contribution in [2.45, 2.75) is 32.9 Å². The smallest absolute Gasteiger partial charge is 0.251 e. The summed E-state index contributed by atoms with van der Waals surface area (Å²) in [7, 11) is 1.90. The van der Waals surface area contributed by atoms with Crippen LogP contribution in [0.2, 0.25) is 0 Å².